The Labute approximate surface area is 98.5 Å². The second-order valence-corrected chi connectivity index (χ2v) is 5.01. The van der Waals surface area contributed by atoms with E-state index in [1.807, 2.05) is 0 Å². The largest absolute Gasteiger partial charge is 0.370 e. The number of sulfonamides is 1. The van der Waals surface area contributed by atoms with Crippen molar-refractivity contribution in [2.75, 3.05) is 12.3 Å². The van der Waals surface area contributed by atoms with Crippen LogP contribution in [0.5, 0.6) is 0 Å². The zero-order chi connectivity index (χ0) is 12.9. The summed E-state index contributed by atoms with van der Waals surface area (Å²) >= 11 is 0. The fraction of sp³-hybridized carbons (Fsp3) is 0.375. The second-order valence-electron chi connectivity index (χ2n) is 3.24. The molecule has 1 aromatic heterocycles. The van der Waals surface area contributed by atoms with Crippen LogP contribution in [0.15, 0.2) is 17.3 Å². The smallest absolute Gasteiger partial charge is 0.243 e. The van der Waals surface area contributed by atoms with E-state index in [0.717, 1.165) is 12.4 Å². The molecule has 0 spiro atoms. The van der Waals surface area contributed by atoms with Crippen LogP contribution >= 0.6 is 0 Å². The van der Waals surface area contributed by atoms with Crippen molar-refractivity contribution < 1.29 is 13.2 Å². The van der Waals surface area contributed by atoms with E-state index < -0.39 is 15.9 Å². The number of nitrogens with one attached hydrogen (secondary N) is 1. The Morgan fingerprint density at radius 2 is 1.94 bits per heavy atom. The number of primary amides is 1. The Morgan fingerprint density at radius 3 is 2.47 bits per heavy atom. The summed E-state index contributed by atoms with van der Waals surface area (Å²) in [5.41, 5.74) is 10.2. The molecule has 0 bridgehead atoms. The number of anilines is 1. The predicted octanol–water partition coefficient (Wildman–Crippen LogP) is -1.40. The normalized spacial score (nSPS) is 11.3. The van der Waals surface area contributed by atoms with E-state index in [-0.39, 0.29) is 23.8 Å². The summed E-state index contributed by atoms with van der Waals surface area (Å²) in [6, 6.07) is 0. The number of rotatable bonds is 6. The van der Waals surface area contributed by atoms with Crippen molar-refractivity contribution in [1.82, 2.24) is 14.7 Å². The van der Waals surface area contributed by atoms with Gasteiger partial charge >= 0.3 is 0 Å². The Morgan fingerprint density at radius 1 is 1.35 bits per heavy atom. The zero-order valence-electron chi connectivity index (χ0n) is 8.96. The van der Waals surface area contributed by atoms with E-state index in [1.54, 1.807) is 0 Å². The van der Waals surface area contributed by atoms with Gasteiger partial charge in [-0.15, -0.1) is 0 Å². The molecule has 5 N–H and O–H groups in total. The molecule has 0 saturated heterocycles. The molecule has 0 unspecified atom stereocenters. The first-order valence-corrected chi connectivity index (χ1v) is 6.25. The molecule has 8 nitrogen and oxygen atoms in total. The van der Waals surface area contributed by atoms with Gasteiger partial charge in [-0.3, -0.25) is 4.79 Å². The Bertz CT molecular complexity index is 484. The van der Waals surface area contributed by atoms with Gasteiger partial charge in [-0.2, -0.15) is 0 Å². The maximum atomic E-state index is 11.6. The molecule has 0 radical (unpaired) electrons. The molecule has 9 heteroatoms. The SMILES string of the molecule is NC(=O)CCCNS(=O)(=O)c1cnc(N)nc1. The zero-order valence-corrected chi connectivity index (χ0v) is 9.77. The molecule has 0 aliphatic carbocycles. The highest BCUT2D eigenvalue weighted by atomic mass is 32.2. The predicted molar refractivity (Wildman–Crippen MR) is 60.1 cm³/mol. The molecule has 1 rings (SSSR count). The average Bonchev–Trinajstić information content (AvgIpc) is 2.25. The fourth-order valence-electron chi connectivity index (χ4n) is 1.02. The highest BCUT2D eigenvalue weighted by Crippen LogP contribution is 2.05. The Kier molecular flexibility index (Phi) is 4.35. The minimum absolute atomic E-state index is 0.00215. The van der Waals surface area contributed by atoms with Crippen LogP contribution in [0.25, 0.3) is 0 Å². The molecular formula is C8H13N5O3S. The Hall–Kier alpha value is -1.74. The van der Waals surface area contributed by atoms with Crippen molar-refractivity contribution in [2.24, 2.45) is 5.73 Å². The van der Waals surface area contributed by atoms with Gasteiger partial charge in [0.15, 0.2) is 0 Å². The number of nitrogens with zero attached hydrogens (tertiary/aromatic N) is 2. The van der Waals surface area contributed by atoms with Crippen LogP contribution in [-0.2, 0) is 14.8 Å². The van der Waals surface area contributed by atoms with E-state index >= 15 is 0 Å². The highest BCUT2D eigenvalue weighted by Gasteiger charge is 2.14. The first-order valence-electron chi connectivity index (χ1n) is 4.77. The summed E-state index contributed by atoms with van der Waals surface area (Å²) < 4.78 is 25.6. The third-order valence-corrected chi connectivity index (χ3v) is 3.27. The summed E-state index contributed by atoms with van der Waals surface area (Å²) in [5.74, 6) is -0.474. The molecule has 1 heterocycles. The number of hydrogen-bond acceptors (Lipinski definition) is 6. The third-order valence-electron chi connectivity index (χ3n) is 1.85. The minimum Gasteiger partial charge on any atom is -0.370 e. The minimum atomic E-state index is -3.66. The molecule has 0 fully saturated rings. The van der Waals surface area contributed by atoms with Crippen molar-refractivity contribution in [3.8, 4) is 0 Å². The summed E-state index contributed by atoms with van der Waals surface area (Å²) in [7, 11) is -3.66. The lowest BCUT2D eigenvalue weighted by Gasteiger charge is -2.05. The van der Waals surface area contributed by atoms with E-state index in [4.69, 9.17) is 11.5 Å². The monoisotopic (exact) mass is 259 g/mol. The van der Waals surface area contributed by atoms with Crippen molar-refractivity contribution >= 4 is 21.9 Å². The van der Waals surface area contributed by atoms with Crippen LogP contribution in [0.4, 0.5) is 5.95 Å². The maximum absolute atomic E-state index is 11.6. The van der Waals surface area contributed by atoms with Gasteiger partial charge in [-0.05, 0) is 6.42 Å². The van der Waals surface area contributed by atoms with E-state index in [0.29, 0.717) is 6.42 Å². The van der Waals surface area contributed by atoms with Gasteiger partial charge in [0.25, 0.3) is 0 Å². The molecule has 0 aliphatic heterocycles. The lowest BCUT2D eigenvalue weighted by molar-refractivity contribution is -0.118. The topological polar surface area (TPSA) is 141 Å². The molecule has 17 heavy (non-hydrogen) atoms. The summed E-state index contributed by atoms with van der Waals surface area (Å²) in [6.45, 7) is 0.121. The van der Waals surface area contributed by atoms with Crippen LogP contribution in [-0.4, -0.2) is 30.8 Å². The van der Waals surface area contributed by atoms with E-state index in [9.17, 15) is 13.2 Å². The molecule has 0 aliphatic rings. The van der Waals surface area contributed by atoms with Gasteiger partial charge < -0.3 is 11.5 Å². The number of hydrogen-bond donors (Lipinski definition) is 3. The second kappa shape index (κ2) is 5.55. The molecule has 1 aromatic rings. The summed E-state index contributed by atoms with van der Waals surface area (Å²) in [6.07, 6.45) is 2.68. The molecule has 0 saturated carbocycles. The molecule has 1 amide bonds. The van der Waals surface area contributed by atoms with Crippen molar-refractivity contribution in [2.45, 2.75) is 17.7 Å². The van der Waals surface area contributed by atoms with E-state index in [2.05, 4.69) is 14.7 Å². The molecule has 94 valence electrons. The summed E-state index contributed by atoms with van der Waals surface area (Å²) in [5, 5.41) is 0. The van der Waals surface area contributed by atoms with Crippen molar-refractivity contribution in [1.29, 1.82) is 0 Å². The van der Waals surface area contributed by atoms with Crippen LogP contribution in [0.2, 0.25) is 0 Å². The van der Waals surface area contributed by atoms with Gasteiger partial charge in [0, 0.05) is 13.0 Å². The number of aromatic nitrogens is 2. The number of amides is 1. The first kappa shape index (κ1) is 13.3. The number of nitrogens with two attached hydrogens (primary N) is 2. The van der Waals surface area contributed by atoms with Crippen LogP contribution < -0.4 is 16.2 Å². The molecule has 0 atom stereocenters. The van der Waals surface area contributed by atoms with Gasteiger partial charge in [0.1, 0.15) is 4.90 Å². The lowest BCUT2D eigenvalue weighted by atomic mass is 10.3. The van der Waals surface area contributed by atoms with Crippen LogP contribution in [0, 0.1) is 0 Å². The van der Waals surface area contributed by atoms with Crippen molar-refractivity contribution in [3.05, 3.63) is 12.4 Å². The van der Waals surface area contributed by atoms with Crippen molar-refractivity contribution in [3.63, 3.8) is 0 Å². The number of carbonyl (C=O) groups is 1. The van der Waals surface area contributed by atoms with Crippen LogP contribution in [0.3, 0.4) is 0 Å². The molecule has 0 aromatic carbocycles. The first-order chi connectivity index (χ1) is 7.92. The quantitative estimate of drug-likeness (QED) is 0.536. The maximum Gasteiger partial charge on any atom is 0.243 e. The summed E-state index contributed by atoms with van der Waals surface area (Å²) in [4.78, 5) is 17.5. The number of carbonyl (C=O) groups excluding carboxylic acids is 1. The van der Waals surface area contributed by atoms with Gasteiger partial charge in [0.2, 0.25) is 21.9 Å². The fourth-order valence-corrected chi connectivity index (χ4v) is 1.98. The number of nitrogen functional groups attached to an aromatic ring is 1. The lowest BCUT2D eigenvalue weighted by Crippen LogP contribution is -2.26. The van der Waals surface area contributed by atoms with Gasteiger partial charge in [-0.25, -0.2) is 23.1 Å². The van der Waals surface area contributed by atoms with Gasteiger partial charge in [0.05, 0.1) is 12.4 Å². The van der Waals surface area contributed by atoms with Gasteiger partial charge in [-0.1, -0.05) is 0 Å². The standard InChI is InChI=1S/C8H13N5O3S/c9-7(14)2-1-3-13-17(15,16)6-4-11-8(10)12-5-6/h4-5,13H,1-3H2,(H2,9,14)(H2,10,11,12). The van der Waals surface area contributed by atoms with E-state index in [1.165, 1.54) is 0 Å². The third kappa shape index (κ3) is 4.33. The molecular weight excluding hydrogens is 246 g/mol. The Balaban J connectivity index is 2.57. The highest BCUT2D eigenvalue weighted by molar-refractivity contribution is 7.89. The van der Waals surface area contributed by atoms with Crippen LogP contribution in [0.1, 0.15) is 12.8 Å². The average molecular weight is 259 g/mol.